The molecule has 1 amide bonds. The van der Waals surface area contributed by atoms with Gasteiger partial charge in [0.05, 0.1) is 11.4 Å². The van der Waals surface area contributed by atoms with Crippen molar-refractivity contribution in [3.8, 4) is 5.69 Å². The topological polar surface area (TPSA) is 59.8 Å². The van der Waals surface area contributed by atoms with Gasteiger partial charge >= 0.3 is 0 Å². The molecule has 0 atom stereocenters. The van der Waals surface area contributed by atoms with Gasteiger partial charge in [-0.15, -0.1) is 10.2 Å². The average Bonchev–Trinajstić information content (AvgIpc) is 2.91. The largest absolute Gasteiger partial charge is 0.355 e. The molecule has 0 saturated heterocycles. The number of rotatable bonds is 8. The fourth-order valence-electron chi connectivity index (χ4n) is 2.31. The van der Waals surface area contributed by atoms with Crippen LogP contribution < -0.4 is 5.32 Å². The van der Waals surface area contributed by atoms with Crippen molar-refractivity contribution in [3.63, 3.8) is 0 Å². The van der Waals surface area contributed by atoms with Crippen LogP contribution in [0.2, 0.25) is 0 Å². The molecule has 1 N–H and O–H groups in total. The normalized spacial score (nSPS) is 10.7. The molecule has 1 heterocycles. The maximum Gasteiger partial charge on any atom is 0.230 e. The maximum atomic E-state index is 11.9. The molecule has 0 radical (unpaired) electrons. The van der Waals surface area contributed by atoms with Crippen LogP contribution in [0.15, 0.2) is 29.4 Å². The zero-order valence-corrected chi connectivity index (χ0v) is 14.8. The summed E-state index contributed by atoms with van der Waals surface area (Å²) in [5, 5.41) is 12.1. The summed E-state index contributed by atoms with van der Waals surface area (Å²) in [4.78, 5) is 11.9. The highest BCUT2D eigenvalue weighted by Crippen LogP contribution is 2.23. The number of carbonyl (C=O) groups is 1. The van der Waals surface area contributed by atoms with Crippen LogP contribution in [0.3, 0.4) is 0 Å². The van der Waals surface area contributed by atoms with E-state index in [9.17, 15) is 4.79 Å². The number of nitrogens with one attached hydrogen (secondary N) is 1. The third kappa shape index (κ3) is 4.82. The summed E-state index contributed by atoms with van der Waals surface area (Å²) in [6, 6.07) is 8.11. The number of nitrogens with zero attached hydrogens (tertiary/aromatic N) is 3. The molecule has 124 valence electrons. The molecule has 0 aliphatic rings. The van der Waals surface area contributed by atoms with Crippen LogP contribution in [0.4, 0.5) is 0 Å². The van der Waals surface area contributed by atoms with E-state index < -0.39 is 0 Å². The van der Waals surface area contributed by atoms with Gasteiger partial charge in [-0.25, -0.2) is 0 Å². The number of unbranched alkanes of at least 4 members (excludes halogenated alkanes) is 2. The van der Waals surface area contributed by atoms with Crippen molar-refractivity contribution in [2.45, 2.75) is 45.2 Å². The standard InChI is InChI=1S/C17H24N4OS/c1-4-5-8-11-18-16(22)12-23-17-20-19-14(3)21(17)15-10-7-6-9-13(15)2/h6-7,9-10H,4-5,8,11-12H2,1-3H3,(H,18,22). The van der Waals surface area contributed by atoms with Crippen molar-refractivity contribution in [1.82, 2.24) is 20.1 Å². The third-order valence-corrected chi connectivity index (χ3v) is 4.52. The fourth-order valence-corrected chi connectivity index (χ4v) is 3.13. The molecule has 5 nitrogen and oxygen atoms in total. The van der Waals surface area contributed by atoms with Crippen molar-refractivity contribution in [2.75, 3.05) is 12.3 Å². The Morgan fingerprint density at radius 3 is 2.74 bits per heavy atom. The number of carbonyl (C=O) groups excluding carboxylic acids is 1. The van der Waals surface area contributed by atoms with Gasteiger partial charge in [0.1, 0.15) is 5.82 Å². The third-order valence-electron chi connectivity index (χ3n) is 3.59. The Bertz CT molecular complexity index is 654. The lowest BCUT2D eigenvalue weighted by Gasteiger charge is -2.11. The smallest absolute Gasteiger partial charge is 0.230 e. The van der Waals surface area contributed by atoms with Crippen molar-refractivity contribution < 1.29 is 4.79 Å². The van der Waals surface area contributed by atoms with Crippen LogP contribution in [0.1, 0.15) is 37.6 Å². The van der Waals surface area contributed by atoms with E-state index in [0.717, 1.165) is 48.0 Å². The lowest BCUT2D eigenvalue weighted by molar-refractivity contribution is -0.118. The first kappa shape index (κ1) is 17.5. The first-order valence-corrected chi connectivity index (χ1v) is 8.99. The average molecular weight is 332 g/mol. The van der Waals surface area contributed by atoms with Crippen LogP contribution in [-0.4, -0.2) is 33.0 Å². The molecule has 2 aromatic rings. The number of amides is 1. The summed E-state index contributed by atoms with van der Waals surface area (Å²) >= 11 is 1.42. The van der Waals surface area contributed by atoms with Crippen LogP contribution >= 0.6 is 11.8 Å². The summed E-state index contributed by atoms with van der Waals surface area (Å²) in [5.74, 6) is 1.23. The molecule has 0 spiro atoms. The number of hydrogen-bond donors (Lipinski definition) is 1. The molecule has 1 aromatic heterocycles. The fraction of sp³-hybridized carbons (Fsp3) is 0.471. The summed E-state index contributed by atoms with van der Waals surface area (Å²) in [6.45, 7) is 6.88. The van der Waals surface area contributed by atoms with Gasteiger partial charge in [0.25, 0.3) is 0 Å². The zero-order chi connectivity index (χ0) is 16.7. The van der Waals surface area contributed by atoms with Crippen LogP contribution in [0.25, 0.3) is 5.69 Å². The quantitative estimate of drug-likeness (QED) is 0.595. The van der Waals surface area contributed by atoms with Gasteiger partial charge in [0.15, 0.2) is 5.16 Å². The van der Waals surface area contributed by atoms with Crippen molar-refractivity contribution in [1.29, 1.82) is 0 Å². The maximum absolute atomic E-state index is 11.9. The Hall–Kier alpha value is -1.82. The van der Waals surface area contributed by atoms with Gasteiger partial charge < -0.3 is 5.32 Å². The van der Waals surface area contributed by atoms with E-state index in [0.29, 0.717) is 5.75 Å². The molecular weight excluding hydrogens is 308 g/mol. The van der Waals surface area contributed by atoms with Crippen LogP contribution in [0, 0.1) is 13.8 Å². The number of thioether (sulfide) groups is 1. The molecule has 2 rings (SSSR count). The number of para-hydroxylation sites is 1. The Balaban J connectivity index is 1.99. The Morgan fingerprint density at radius 2 is 2.00 bits per heavy atom. The van der Waals surface area contributed by atoms with E-state index in [1.807, 2.05) is 29.7 Å². The highest BCUT2D eigenvalue weighted by atomic mass is 32.2. The minimum absolute atomic E-state index is 0.0445. The lowest BCUT2D eigenvalue weighted by atomic mass is 10.2. The number of aryl methyl sites for hydroxylation is 2. The minimum Gasteiger partial charge on any atom is -0.355 e. The summed E-state index contributed by atoms with van der Waals surface area (Å²) in [6.07, 6.45) is 3.34. The Labute approximate surface area is 141 Å². The first-order chi connectivity index (χ1) is 11.1. The Morgan fingerprint density at radius 1 is 1.22 bits per heavy atom. The summed E-state index contributed by atoms with van der Waals surface area (Å²) in [7, 11) is 0. The number of hydrogen-bond acceptors (Lipinski definition) is 4. The van der Waals surface area contributed by atoms with Gasteiger partial charge in [-0.05, 0) is 31.9 Å². The molecule has 1 aromatic carbocycles. The Kier molecular flexibility index (Phi) is 6.65. The van der Waals surface area contributed by atoms with E-state index in [2.05, 4.69) is 35.4 Å². The zero-order valence-electron chi connectivity index (χ0n) is 14.0. The van der Waals surface area contributed by atoms with Gasteiger partial charge in [0.2, 0.25) is 5.91 Å². The van der Waals surface area contributed by atoms with Gasteiger partial charge in [0, 0.05) is 6.54 Å². The molecule has 0 bridgehead atoms. The van der Waals surface area contributed by atoms with Crippen molar-refractivity contribution in [3.05, 3.63) is 35.7 Å². The van der Waals surface area contributed by atoms with Crippen LogP contribution in [-0.2, 0) is 4.79 Å². The van der Waals surface area contributed by atoms with E-state index >= 15 is 0 Å². The molecule has 0 aliphatic carbocycles. The molecule has 23 heavy (non-hydrogen) atoms. The molecule has 0 fully saturated rings. The first-order valence-electron chi connectivity index (χ1n) is 8.01. The van der Waals surface area contributed by atoms with Gasteiger partial charge in [-0.3, -0.25) is 9.36 Å². The van der Waals surface area contributed by atoms with E-state index in [1.165, 1.54) is 11.8 Å². The minimum atomic E-state index is 0.0445. The molecule has 0 unspecified atom stereocenters. The highest BCUT2D eigenvalue weighted by Gasteiger charge is 2.14. The summed E-state index contributed by atoms with van der Waals surface area (Å²) in [5.41, 5.74) is 2.21. The molecule has 6 heteroatoms. The molecule has 0 saturated carbocycles. The second kappa shape index (κ2) is 8.72. The van der Waals surface area contributed by atoms with E-state index in [1.54, 1.807) is 0 Å². The highest BCUT2D eigenvalue weighted by molar-refractivity contribution is 7.99. The molecule has 0 aliphatic heterocycles. The monoisotopic (exact) mass is 332 g/mol. The van der Waals surface area contributed by atoms with Crippen molar-refractivity contribution in [2.24, 2.45) is 0 Å². The predicted octanol–water partition coefficient (Wildman–Crippen LogP) is 3.28. The van der Waals surface area contributed by atoms with E-state index in [-0.39, 0.29) is 5.91 Å². The van der Waals surface area contributed by atoms with Gasteiger partial charge in [-0.2, -0.15) is 0 Å². The second-order valence-electron chi connectivity index (χ2n) is 5.50. The number of benzene rings is 1. The van der Waals surface area contributed by atoms with E-state index in [4.69, 9.17) is 0 Å². The lowest BCUT2D eigenvalue weighted by Crippen LogP contribution is -2.26. The van der Waals surface area contributed by atoms with Gasteiger partial charge in [-0.1, -0.05) is 49.7 Å². The SMILES string of the molecule is CCCCCNC(=O)CSc1nnc(C)n1-c1ccccc1C. The van der Waals surface area contributed by atoms with Crippen LogP contribution in [0.5, 0.6) is 0 Å². The molecular formula is C17H24N4OS. The predicted molar refractivity (Wildman–Crippen MR) is 94.1 cm³/mol. The van der Waals surface area contributed by atoms with Crippen molar-refractivity contribution >= 4 is 17.7 Å². The second-order valence-corrected chi connectivity index (χ2v) is 6.44. The summed E-state index contributed by atoms with van der Waals surface area (Å²) < 4.78 is 2.00. The number of aromatic nitrogens is 3.